The van der Waals surface area contributed by atoms with Crippen LogP contribution in [0.1, 0.15) is 30.0 Å². The second-order valence-electron chi connectivity index (χ2n) is 4.76. The Labute approximate surface area is 98.7 Å². The molecule has 0 bridgehead atoms. The third-order valence-corrected chi connectivity index (χ3v) is 3.47. The lowest BCUT2D eigenvalue weighted by molar-refractivity contribution is 0.299. The van der Waals surface area contributed by atoms with Crippen LogP contribution < -0.4 is 5.32 Å². The molecule has 1 saturated heterocycles. The predicted molar refractivity (Wildman–Crippen MR) is 68.7 cm³/mol. The van der Waals surface area contributed by atoms with Gasteiger partial charge in [0.25, 0.3) is 0 Å². The van der Waals surface area contributed by atoms with E-state index in [9.17, 15) is 0 Å². The largest absolute Gasteiger partial charge is 0.312 e. The number of hydrogen-bond donors (Lipinski definition) is 1. The number of rotatable bonds is 4. The fourth-order valence-corrected chi connectivity index (χ4v) is 2.39. The van der Waals surface area contributed by atoms with Crippen molar-refractivity contribution in [2.45, 2.75) is 25.8 Å². The fraction of sp³-hybridized carbons (Fsp3) is 0.571. The van der Waals surface area contributed by atoms with Crippen LogP contribution in [0.15, 0.2) is 24.3 Å². The Bertz CT molecular complexity index is 312. The minimum absolute atomic E-state index is 0.471. The highest BCUT2D eigenvalue weighted by molar-refractivity contribution is 5.24. The van der Waals surface area contributed by atoms with Gasteiger partial charge in [0.15, 0.2) is 0 Å². The number of likely N-dealkylation sites (tertiary alicyclic amines) is 1. The monoisotopic (exact) mass is 218 g/mol. The van der Waals surface area contributed by atoms with Gasteiger partial charge in [-0.15, -0.1) is 0 Å². The summed E-state index contributed by atoms with van der Waals surface area (Å²) in [5.74, 6) is 0. The number of hydrogen-bond acceptors (Lipinski definition) is 2. The van der Waals surface area contributed by atoms with Crippen molar-refractivity contribution in [1.29, 1.82) is 0 Å². The second kappa shape index (κ2) is 5.46. The standard InChI is InChI=1S/C14H22N2/c1-12-5-7-13(8-6-12)14(15-2)11-16-9-3-4-10-16/h5-8,14-15H,3-4,9-11H2,1-2H3/t14-/m1/s1. The van der Waals surface area contributed by atoms with E-state index in [0.29, 0.717) is 6.04 Å². The summed E-state index contributed by atoms with van der Waals surface area (Å²) in [5.41, 5.74) is 2.74. The summed E-state index contributed by atoms with van der Waals surface area (Å²) in [6.45, 7) is 5.81. The predicted octanol–water partition coefficient (Wildman–Crippen LogP) is 2.35. The molecule has 1 aromatic carbocycles. The van der Waals surface area contributed by atoms with Crippen molar-refractivity contribution in [2.24, 2.45) is 0 Å². The molecule has 1 aromatic rings. The number of benzene rings is 1. The van der Waals surface area contributed by atoms with Gasteiger partial charge in [0.05, 0.1) is 0 Å². The van der Waals surface area contributed by atoms with E-state index < -0.39 is 0 Å². The maximum Gasteiger partial charge on any atom is 0.0446 e. The molecule has 1 aliphatic rings. The van der Waals surface area contributed by atoms with Gasteiger partial charge in [-0.3, -0.25) is 0 Å². The smallest absolute Gasteiger partial charge is 0.0446 e. The van der Waals surface area contributed by atoms with E-state index in [-0.39, 0.29) is 0 Å². The van der Waals surface area contributed by atoms with Crippen molar-refractivity contribution < 1.29 is 0 Å². The Morgan fingerprint density at radius 1 is 1.19 bits per heavy atom. The average Bonchev–Trinajstić information content (AvgIpc) is 2.80. The first-order valence-electron chi connectivity index (χ1n) is 6.26. The summed E-state index contributed by atoms with van der Waals surface area (Å²) < 4.78 is 0. The highest BCUT2D eigenvalue weighted by Gasteiger charge is 2.17. The topological polar surface area (TPSA) is 15.3 Å². The molecule has 2 nitrogen and oxygen atoms in total. The Balaban J connectivity index is 2.00. The first-order chi connectivity index (χ1) is 7.79. The first-order valence-corrected chi connectivity index (χ1v) is 6.26. The molecule has 16 heavy (non-hydrogen) atoms. The second-order valence-corrected chi connectivity index (χ2v) is 4.76. The van der Waals surface area contributed by atoms with Crippen LogP contribution in [-0.2, 0) is 0 Å². The van der Waals surface area contributed by atoms with Gasteiger partial charge in [-0.2, -0.15) is 0 Å². The van der Waals surface area contributed by atoms with Crippen LogP contribution in [0.25, 0.3) is 0 Å². The average molecular weight is 218 g/mol. The van der Waals surface area contributed by atoms with Crippen molar-refractivity contribution in [3.63, 3.8) is 0 Å². The zero-order valence-electron chi connectivity index (χ0n) is 10.4. The van der Waals surface area contributed by atoms with Crippen LogP contribution in [-0.4, -0.2) is 31.6 Å². The van der Waals surface area contributed by atoms with E-state index in [1.54, 1.807) is 0 Å². The molecular formula is C14H22N2. The molecule has 1 aliphatic heterocycles. The lowest BCUT2D eigenvalue weighted by atomic mass is 10.0. The molecule has 1 fully saturated rings. The molecule has 1 N–H and O–H groups in total. The molecule has 2 rings (SSSR count). The zero-order chi connectivity index (χ0) is 11.4. The van der Waals surface area contributed by atoms with Crippen LogP contribution in [0.2, 0.25) is 0 Å². The van der Waals surface area contributed by atoms with Gasteiger partial charge in [0, 0.05) is 12.6 Å². The van der Waals surface area contributed by atoms with Gasteiger partial charge in [-0.25, -0.2) is 0 Å². The zero-order valence-corrected chi connectivity index (χ0v) is 10.4. The highest BCUT2D eigenvalue weighted by Crippen LogP contribution is 2.17. The van der Waals surface area contributed by atoms with Crippen molar-refractivity contribution in [3.05, 3.63) is 35.4 Å². The Hall–Kier alpha value is -0.860. The molecule has 0 aliphatic carbocycles. The van der Waals surface area contributed by atoms with Crippen LogP contribution >= 0.6 is 0 Å². The molecule has 1 heterocycles. The first kappa shape index (κ1) is 11.6. The fourth-order valence-electron chi connectivity index (χ4n) is 2.39. The molecule has 0 radical (unpaired) electrons. The SMILES string of the molecule is CN[C@H](CN1CCCC1)c1ccc(C)cc1. The molecule has 0 spiro atoms. The van der Waals surface area contributed by atoms with Crippen LogP contribution in [0.5, 0.6) is 0 Å². The van der Waals surface area contributed by atoms with Gasteiger partial charge in [0.1, 0.15) is 0 Å². The molecule has 0 saturated carbocycles. The third-order valence-electron chi connectivity index (χ3n) is 3.47. The Kier molecular flexibility index (Phi) is 3.97. The third kappa shape index (κ3) is 2.83. The molecule has 88 valence electrons. The van der Waals surface area contributed by atoms with Crippen molar-refractivity contribution in [2.75, 3.05) is 26.7 Å². The summed E-state index contributed by atoms with van der Waals surface area (Å²) in [4.78, 5) is 2.56. The summed E-state index contributed by atoms with van der Waals surface area (Å²) >= 11 is 0. The molecule has 2 heteroatoms. The maximum atomic E-state index is 3.42. The van der Waals surface area contributed by atoms with Gasteiger partial charge in [-0.1, -0.05) is 29.8 Å². The van der Waals surface area contributed by atoms with Crippen LogP contribution in [0.4, 0.5) is 0 Å². The summed E-state index contributed by atoms with van der Waals surface area (Å²) in [6, 6.07) is 9.35. The molecule has 0 amide bonds. The van der Waals surface area contributed by atoms with Crippen LogP contribution in [0, 0.1) is 6.92 Å². The minimum Gasteiger partial charge on any atom is -0.312 e. The number of likely N-dealkylation sites (N-methyl/N-ethyl adjacent to an activating group) is 1. The van der Waals surface area contributed by atoms with E-state index >= 15 is 0 Å². The van der Waals surface area contributed by atoms with Gasteiger partial charge in [0.2, 0.25) is 0 Å². The molecule has 0 aromatic heterocycles. The number of nitrogens with zero attached hydrogens (tertiary/aromatic N) is 1. The van der Waals surface area contributed by atoms with E-state index in [2.05, 4.69) is 48.5 Å². The molecule has 1 atom stereocenters. The van der Waals surface area contributed by atoms with E-state index in [0.717, 1.165) is 6.54 Å². The Morgan fingerprint density at radius 2 is 1.81 bits per heavy atom. The Morgan fingerprint density at radius 3 is 2.38 bits per heavy atom. The number of nitrogens with one attached hydrogen (secondary N) is 1. The van der Waals surface area contributed by atoms with Gasteiger partial charge >= 0.3 is 0 Å². The minimum atomic E-state index is 0.471. The van der Waals surface area contributed by atoms with Crippen molar-refractivity contribution in [1.82, 2.24) is 10.2 Å². The van der Waals surface area contributed by atoms with Crippen molar-refractivity contribution >= 4 is 0 Å². The van der Waals surface area contributed by atoms with Gasteiger partial charge in [-0.05, 0) is 45.5 Å². The maximum absolute atomic E-state index is 3.42. The highest BCUT2D eigenvalue weighted by atomic mass is 15.2. The van der Waals surface area contributed by atoms with Crippen LogP contribution in [0.3, 0.4) is 0 Å². The summed E-state index contributed by atoms with van der Waals surface area (Å²) in [6.07, 6.45) is 2.73. The quantitative estimate of drug-likeness (QED) is 0.834. The summed E-state index contributed by atoms with van der Waals surface area (Å²) in [5, 5.41) is 3.42. The lowest BCUT2D eigenvalue weighted by Crippen LogP contribution is -2.31. The summed E-state index contributed by atoms with van der Waals surface area (Å²) in [7, 11) is 2.06. The van der Waals surface area contributed by atoms with E-state index in [1.165, 1.54) is 37.1 Å². The lowest BCUT2D eigenvalue weighted by Gasteiger charge is -2.23. The van der Waals surface area contributed by atoms with Crippen molar-refractivity contribution in [3.8, 4) is 0 Å². The molecule has 0 unspecified atom stereocenters. The number of aryl methyl sites for hydroxylation is 1. The van der Waals surface area contributed by atoms with E-state index in [1.807, 2.05) is 0 Å². The normalized spacial score (nSPS) is 18.9. The van der Waals surface area contributed by atoms with E-state index in [4.69, 9.17) is 0 Å². The molecular weight excluding hydrogens is 196 g/mol. The van der Waals surface area contributed by atoms with Gasteiger partial charge < -0.3 is 10.2 Å².